The van der Waals surface area contributed by atoms with Crippen molar-refractivity contribution in [3.05, 3.63) is 48.6 Å². The van der Waals surface area contributed by atoms with E-state index in [9.17, 15) is 9.59 Å². The third-order valence-corrected chi connectivity index (χ3v) is 6.05. The predicted octanol–water partition coefficient (Wildman–Crippen LogP) is 2.42. The number of hydrogen-bond acceptors (Lipinski definition) is 3. The minimum absolute atomic E-state index is 0.00216. The zero-order chi connectivity index (χ0) is 20.5. The topological polar surface area (TPSA) is 64.7 Å². The SMILES string of the molecule is C=CCNC(=O)N1CCC(N2CCC[C@H](C(=O)NCCc3ccccc3)C2)CC1. The average Bonchev–Trinajstić information content (AvgIpc) is 2.78. The Bertz CT molecular complexity index is 671. The molecule has 2 saturated heterocycles. The Morgan fingerprint density at radius 3 is 2.55 bits per heavy atom. The molecule has 2 aliphatic heterocycles. The number of amides is 3. The van der Waals surface area contributed by atoms with Crippen molar-refractivity contribution in [2.24, 2.45) is 5.92 Å². The predicted molar refractivity (Wildman–Crippen MR) is 116 cm³/mol. The lowest BCUT2D eigenvalue weighted by Crippen LogP contribution is -2.52. The first kappa shape index (κ1) is 21.4. The van der Waals surface area contributed by atoms with E-state index in [2.05, 4.69) is 34.2 Å². The van der Waals surface area contributed by atoms with E-state index < -0.39 is 0 Å². The average molecular weight is 399 g/mol. The number of carbonyl (C=O) groups excluding carboxylic acids is 2. The lowest BCUT2D eigenvalue weighted by atomic mass is 9.93. The van der Waals surface area contributed by atoms with Crippen LogP contribution in [0.5, 0.6) is 0 Å². The van der Waals surface area contributed by atoms with Crippen LogP contribution in [0.3, 0.4) is 0 Å². The van der Waals surface area contributed by atoms with Crippen molar-refractivity contribution in [1.82, 2.24) is 20.4 Å². The molecular formula is C23H34N4O2. The minimum Gasteiger partial charge on any atom is -0.355 e. The summed E-state index contributed by atoms with van der Waals surface area (Å²) < 4.78 is 0. The molecule has 3 rings (SSSR count). The monoisotopic (exact) mass is 398 g/mol. The van der Waals surface area contributed by atoms with Crippen molar-refractivity contribution in [3.63, 3.8) is 0 Å². The van der Waals surface area contributed by atoms with Gasteiger partial charge in [-0.2, -0.15) is 0 Å². The molecule has 1 aromatic rings. The van der Waals surface area contributed by atoms with Gasteiger partial charge in [0, 0.05) is 38.8 Å². The van der Waals surface area contributed by atoms with Crippen LogP contribution in [-0.2, 0) is 11.2 Å². The summed E-state index contributed by atoms with van der Waals surface area (Å²) in [7, 11) is 0. The van der Waals surface area contributed by atoms with Gasteiger partial charge in [-0.15, -0.1) is 6.58 Å². The van der Waals surface area contributed by atoms with Crippen molar-refractivity contribution >= 4 is 11.9 Å². The second-order valence-corrected chi connectivity index (χ2v) is 8.05. The van der Waals surface area contributed by atoms with E-state index in [-0.39, 0.29) is 17.9 Å². The minimum atomic E-state index is -0.00216. The fourth-order valence-corrected chi connectivity index (χ4v) is 4.38. The number of nitrogens with one attached hydrogen (secondary N) is 2. The van der Waals surface area contributed by atoms with Gasteiger partial charge in [0.05, 0.1) is 5.92 Å². The highest BCUT2D eigenvalue weighted by Crippen LogP contribution is 2.24. The number of piperidine rings is 2. The molecule has 0 spiro atoms. The molecule has 158 valence electrons. The van der Waals surface area contributed by atoms with E-state index in [0.717, 1.165) is 58.3 Å². The molecule has 6 nitrogen and oxygen atoms in total. The molecule has 0 unspecified atom stereocenters. The van der Waals surface area contributed by atoms with E-state index in [1.165, 1.54) is 5.56 Å². The highest BCUT2D eigenvalue weighted by Gasteiger charge is 2.32. The first-order chi connectivity index (χ1) is 14.2. The maximum Gasteiger partial charge on any atom is 0.317 e. The molecule has 1 aromatic carbocycles. The quantitative estimate of drug-likeness (QED) is 0.694. The Kier molecular flexibility index (Phi) is 8.11. The van der Waals surface area contributed by atoms with E-state index in [4.69, 9.17) is 0 Å². The third-order valence-electron chi connectivity index (χ3n) is 6.05. The largest absolute Gasteiger partial charge is 0.355 e. The number of urea groups is 1. The summed E-state index contributed by atoms with van der Waals surface area (Å²) in [5.41, 5.74) is 1.25. The van der Waals surface area contributed by atoms with Crippen LogP contribution in [0.1, 0.15) is 31.2 Å². The zero-order valence-electron chi connectivity index (χ0n) is 17.3. The van der Waals surface area contributed by atoms with Crippen LogP contribution in [0.2, 0.25) is 0 Å². The molecule has 2 aliphatic rings. The van der Waals surface area contributed by atoms with Gasteiger partial charge in [0.25, 0.3) is 0 Å². The van der Waals surface area contributed by atoms with Crippen molar-refractivity contribution < 1.29 is 9.59 Å². The second-order valence-electron chi connectivity index (χ2n) is 8.05. The number of nitrogens with zero attached hydrogens (tertiary/aromatic N) is 2. The maximum atomic E-state index is 12.7. The Labute approximate surface area is 174 Å². The van der Waals surface area contributed by atoms with Gasteiger partial charge in [-0.3, -0.25) is 9.69 Å². The molecule has 2 N–H and O–H groups in total. The van der Waals surface area contributed by atoms with Gasteiger partial charge < -0.3 is 15.5 Å². The molecule has 2 heterocycles. The Balaban J connectivity index is 1.40. The smallest absolute Gasteiger partial charge is 0.317 e. The van der Waals surface area contributed by atoms with Crippen molar-refractivity contribution in [2.75, 3.05) is 39.3 Å². The van der Waals surface area contributed by atoms with Gasteiger partial charge in [0.1, 0.15) is 0 Å². The van der Waals surface area contributed by atoms with Crippen molar-refractivity contribution in [3.8, 4) is 0 Å². The number of rotatable bonds is 7. The maximum absolute atomic E-state index is 12.7. The molecule has 0 bridgehead atoms. The van der Waals surface area contributed by atoms with Gasteiger partial charge in [-0.1, -0.05) is 36.4 Å². The molecule has 0 aromatic heterocycles. The van der Waals surface area contributed by atoms with Crippen LogP contribution in [0.4, 0.5) is 4.79 Å². The first-order valence-corrected chi connectivity index (χ1v) is 10.9. The van der Waals surface area contributed by atoms with Gasteiger partial charge in [-0.25, -0.2) is 4.79 Å². The second kappa shape index (κ2) is 11.0. The van der Waals surface area contributed by atoms with Gasteiger partial charge >= 0.3 is 6.03 Å². The molecular weight excluding hydrogens is 364 g/mol. The molecule has 0 radical (unpaired) electrons. The highest BCUT2D eigenvalue weighted by molar-refractivity contribution is 5.79. The molecule has 3 amide bonds. The van der Waals surface area contributed by atoms with E-state index >= 15 is 0 Å². The molecule has 29 heavy (non-hydrogen) atoms. The number of carbonyl (C=O) groups is 2. The standard InChI is InChI=1S/C23H34N4O2/c1-2-13-25-23(29)26-16-11-21(12-17-26)27-15-6-9-20(18-27)22(28)24-14-10-19-7-4-3-5-8-19/h2-5,7-8,20-21H,1,6,9-18H2,(H,24,28)(H,25,29)/t20-/m0/s1. The molecule has 0 aliphatic carbocycles. The van der Waals surface area contributed by atoms with E-state index in [0.29, 0.717) is 19.1 Å². The van der Waals surface area contributed by atoms with E-state index in [1.807, 2.05) is 23.1 Å². The normalized spacial score (nSPS) is 20.8. The summed E-state index contributed by atoms with van der Waals surface area (Å²) >= 11 is 0. The summed E-state index contributed by atoms with van der Waals surface area (Å²) in [5.74, 6) is 0.264. The van der Waals surface area contributed by atoms with Crippen LogP contribution >= 0.6 is 0 Å². The lowest BCUT2D eigenvalue weighted by Gasteiger charge is -2.42. The van der Waals surface area contributed by atoms with Crippen LogP contribution in [-0.4, -0.2) is 67.0 Å². The lowest BCUT2D eigenvalue weighted by molar-refractivity contribution is -0.127. The number of likely N-dealkylation sites (tertiary alicyclic amines) is 2. The fraction of sp³-hybridized carbons (Fsp3) is 0.565. The first-order valence-electron chi connectivity index (χ1n) is 10.9. The zero-order valence-corrected chi connectivity index (χ0v) is 17.3. The highest BCUT2D eigenvalue weighted by atomic mass is 16.2. The summed E-state index contributed by atoms with van der Waals surface area (Å²) in [4.78, 5) is 29.1. The Morgan fingerprint density at radius 2 is 1.83 bits per heavy atom. The molecule has 0 saturated carbocycles. The van der Waals surface area contributed by atoms with Crippen LogP contribution in [0.15, 0.2) is 43.0 Å². The molecule has 2 fully saturated rings. The van der Waals surface area contributed by atoms with Crippen molar-refractivity contribution in [1.29, 1.82) is 0 Å². The molecule has 1 atom stereocenters. The Hall–Kier alpha value is -2.34. The Morgan fingerprint density at radius 1 is 1.07 bits per heavy atom. The van der Waals surface area contributed by atoms with Crippen LogP contribution in [0.25, 0.3) is 0 Å². The summed E-state index contributed by atoms with van der Waals surface area (Å²) in [5, 5.41) is 5.98. The van der Waals surface area contributed by atoms with Crippen LogP contribution < -0.4 is 10.6 Å². The van der Waals surface area contributed by atoms with E-state index in [1.54, 1.807) is 6.08 Å². The molecule has 6 heteroatoms. The van der Waals surface area contributed by atoms with Gasteiger partial charge in [-0.05, 0) is 44.2 Å². The summed E-state index contributed by atoms with van der Waals surface area (Å²) in [6.45, 7) is 8.28. The summed E-state index contributed by atoms with van der Waals surface area (Å²) in [6, 6.07) is 10.7. The van der Waals surface area contributed by atoms with Gasteiger partial charge in [0.15, 0.2) is 0 Å². The third kappa shape index (κ3) is 6.32. The van der Waals surface area contributed by atoms with Crippen molar-refractivity contribution in [2.45, 2.75) is 38.1 Å². The number of hydrogen-bond donors (Lipinski definition) is 2. The van der Waals surface area contributed by atoms with Crippen LogP contribution in [0, 0.1) is 5.92 Å². The van der Waals surface area contributed by atoms with Gasteiger partial charge in [0.2, 0.25) is 5.91 Å². The fourth-order valence-electron chi connectivity index (χ4n) is 4.38. The number of benzene rings is 1. The summed E-state index contributed by atoms with van der Waals surface area (Å²) in [6.07, 6.45) is 6.56.